The summed E-state index contributed by atoms with van der Waals surface area (Å²) < 4.78 is 31.0. The molecular formula is C15H22BFO3. The standard InChI is InChI=1S/C15H22BFO3/c1-14(2)15(3,4)20-16(19-14)12-7-6-11(8-9-18-5)10-13(12)17/h6-7,10H,8-9H2,1-5H3. The molecule has 0 saturated carbocycles. The van der Waals surface area contributed by atoms with Gasteiger partial charge in [-0.2, -0.15) is 0 Å². The topological polar surface area (TPSA) is 27.7 Å². The average molecular weight is 280 g/mol. The van der Waals surface area contributed by atoms with E-state index in [1.165, 1.54) is 6.07 Å². The molecule has 0 bridgehead atoms. The number of rotatable bonds is 4. The summed E-state index contributed by atoms with van der Waals surface area (Å²) in [6.45, 7) is 8.40. The van der Waals surface area contributed by atoms with Gasteiger partial charge in [-0.05, 0) is 45.7 Å². The van der Waals surface area contributed by atoms with Crippen molar-refractivity contribution in [1.82, 2.24) is 0 Å². The zero-order chi connectivity index (χ0) is 15.0. The Bertz CT molecular complexity index is 472. The van der Waals surface area contributed by atoms with E-state index in [-0.39, 0.29) is 5.82 Å². The van der Waals surface area contributed by atoms with Gasteiger partial charge in [-0.1, -0.05) is 12.1 Å². The number of methoxy groups -OCH3 is 1. The second-order valence-corrected chi connectivity index (χ2v) is 6.19. The average Bonchev–Trinajstić information content (AvgIpc) is 2.55. The lowest BCUT2D eigenvalue weighted by Crippen LogP contribution is -2.41. The molecular weight excluding hydrogens is 258 g/mol. The fourth-order valence-corrected chi connectivity index (χ4v) is 2.11. The van der Waals surface area contributed by atoms with Gasteiger partial charge in [0.05, 0.1) is 17.8 Å². The SMILES string of the molecule is COCCc1ccc(B2OC(C)(C)C(C)(C)O2)c(F)c1. The van der Waals surface area contributed by atoms with Crippen LogP contribution < -0.4 is 5.46 Å². The second kappa shape index (κ2) is 5.47. The van der Waals surface area contributed by atoms with Gasteiger partial charge in [0.15, 0.2) is 0 Å². The van der Waals surface area contributed by atoms with E-state index in [1.54, 1.807) is 13.2 Å². The van der Waals surface area contributed by atoms with E-state index in [0.29, 0.717) is 18.5 Å². The molecule has 0 amide bonds. The highest BCUT2D eigenvalue weighted by Gasteiger charge is 2.52. The van der Waals surface area contributed by atoms with Crippen molar-refractivity contribution in [3.8, 4) is 0 Å². The van der Waals surface area contributed by atoms with E-state index < -0.39 is 18.3 Å². The van der Waals surface area contributed by atoms with E-state index in [1.807, 2.05) is 33.8 Å². The molecule has 110 valence electrons. The Hall–Kier alpha value is -0.905. The Morgan fingerprint density at radius 3 is 2.25 bits per heavy atom. The molecule has 1 aliphatic heterocycles. The summed E-state index contributed by atoms with van der Waals surface area (Å²) in [6.07, 6.45) is 0.692. The van der Waals surface area contributed by atoms with E-state index in [2.05, 4.69) is 0 Å². The molecule has 1 aromatic rings. The number of hydrogen-bond acceptors (Lipinski definition) is 3. The molecule has 0 unspecified atom stereocenters. The molecule has 0 spiro atoms. The summed E-state index contributed by atoms with van der Waals surface area (Å²) in [7, 11) is 0.978. The molecule has 20 heavy (non-hydrogen) atoms. The first kappa shape index (κ1) is 15.5. The molecule has 1 aliphatic rings. The van der Waals surface area contributed by atoms with Gasteiger partial charge < -0.3 is 14.0 Å². The fourth-order valence-electron chi connectivity index (χ4n) is 2.11. The first-order valence-corrected chi connectivity index (χ1v) is 6.90. The van der Waals surface area contributed by atoms with E-state index in [4.69, 9.17) is 14.0 Å². The predicted molar refractivity (Wildman–Crippen MR) is 77.7 cm³/mol. The molecule has 0 aromatic heterocycles. The van der Waals surface area contributed by atoms with Crippen LogP contribution in [0.5, 0.6) is 0 Å². The first-order valence-electron chi connectivity index (χ1n) is 6.90. The zero-order valence-corrected chi connectivity index (χ0v) is 12.8. The Balaban J connectivity index is 2.19. The van der Waals surface area contributed by atoms with Crippen LogP contribution in [0.4, 0.5) is 4.39 Å². The van der Waals surface area contributed by atoms with E-state index in [9.17, 15) is 4.39 Å². The van der Waals surface area contributed by atoms with Crippen molar-refractivity contribution in [3.05, 3.63) is 29.6 Å². The lowest BCUT2D eigenvalue weighted by Gasteiger charge is -2.32. The highest BCUT2D eigenvalue weighted by atomic mass is 19.1. The summed E-state index contributed by atoms with van der Waals surface area (Å²) >= 11 is 0. The molecule has 1 saturated heterocycles. The smallest absolute Gasteiger partial charge is 0.399 e. The highest BCUT2D eigenvalue weighted by Crippen LogP contribution is 2.36. The maximum atomic E-state index is 14.2. The summed E-state index contributed by atoms with van der Waals surface area (Å²) in [4.78, 5) is 0. The Morgan fingerprint density at radius 1 is 1.15 bits per heavy atom. The van der Waals surface area contributed by atoms with E-state index >= 15 is 0 Å². The maximum absolute atomic E-state index is 14.2. The molecule has 1 aromatic carbocycles. The maximum Gasteiger partial charge on any atom is 0.497 e. The molecule has 0 atom stereocenters. The van der Waals surface area contributed by atoms with Crippen LogP contribution in [0.15, 0.2) is 18.2 Å². The van der Waals surface area contributed by atoms with Gasteiger partial charge in [0, 0.05) is 12.6 Å². The summed E-state index contributed by atoms with van der Waals surface area (Å²) in [5.41, 5.74) is 0.437. The largest absolute Gasteiger partial charge is 0.497 e. The van der Waals surface area contributed by atoms with Crippen LogP contribution in [-0.2, 0) is 20.5 Å². The summed E-state index contributed by atoms with van der Waals surface area (Å²) in [5.74, 6) is -0.294. The van der Waals surface area contributed by atoms with Crippen LogP contribution in [0.1, 0.15) is 33.3 Å². The minimum atomic E-state index is -0.656. The van der Waals surface area contributed by atoms with Gasteiger partial charge >= 0.3 is 7.12 Å². The minimum absolute atomic E-state index is 0.294. The van der Waals surface area contributed by atoms with Crippen LogP contribution in [0.2, 0.25) is 0 Å². The predicted octanol–water partition coefficient (Wildman–Crippen LogP) is 2.31. The molecule has 0 aliphatic carbocycles. The molecule has 5 heteroatoms. The van der Waals surface area contributed by atoms with Crippen LogP contribution in [-0.4, -0.2) is 32.0 Å². The number of hydrogen-bond donors (Lipinski definition) is 0. The van der Waals surface area contributed by atoms with Crippen LogP contribution in [0, 0.1) is 5.82 Å². The quantitative estimate of drug-likeness (QED) is 0.792. The van der Waals surface area contributed by atoms with Crippen molar-refractivity contribution in [2.24, 2.45) is 0 Å². The first-order chi connectivity index (χ1) is 9.27. The molecule has 1 heterocycles. The third-order valence-electron chi connectivity index (χ3n) is 4.17. The second-order valence-electron chi connectivity index (χ2n) is 6.19. The minimum Gasteiger partial charge on any atom is -0.399 e. The van der Waals surface area contributed by atoms with Crippen molar-refractivity contribution in [2.45, 2.75) is 45.3 Å². The number of benzene rings is 1. The van der Waals surface area contributed by atoms with Crippen LogP contribution >= 0.6 is 0 Å². The van der Waals surface area contributed by atoms with Gasteiger partial charge in [0.1, 0.15) is 5.82 Å². The van der Waals surface area contributed by atoms with Gasteiger partial charge in [-0.15, -0.1) is 0 Å². The van der Waals surface area contributed by atoms with Gasteiger partial charge in [0.2, 0.25) is 0 Å². The van der Waals surface area contributed by atoms with Crippen molar-refractivity contribution < 1.29 is 18.4 Å². The molecule has 1 fully saturated rings. The van der Waals surface area contributed by atoms with Gasteiger partial charge in [-0.25, -0.2) is 4.39 Å². The van der Waals surface area contributed by atoms with Gasteiger partial charge in [-0.3, -0.25) is 0 Å². The highest BCUT2D eigenvalue weighted by molar-refractivity contribution is 6.62. The zero-order valence-electron chi connectivity index (χ0n) is 12.8. The Labute approximate surface area is 120 Å². The number of halogens is 1. The van der Waals surface area contributed by atoms with Crippen molar-refractivity contribution in [2.75, 3.05) is 13.7 Å². The molecule has 0 N–H and O–H groups in total. The van der Waals surface area contributed by atoms with Crippen LogP contribution in [0.3, 0.4) is 0 Å². The third kappa shape index (κ3) is 2.90. The molecule has 0 radical (unpaired) electrons. The van der Waals surface area contributed by atoms with Gasteiger partial charge in [0.25, 0.3) is 0 Å². The number of ether oxygens (including phenoxy) is 1. The van der Waals surface area contributed by atoms with Crippen LogP contribution in [0.25, 0.3) is 0 Å². The monoisotopic (exact) mass is 280 g/mol. The summed E-state index contributed by atoms with van der Waals surface area (Å²) in [6, 6.07) is 5.16. The lowest BCUT2D eigenvalue weighted by molar-refractivity contribution is 0.00578. The molecule has 3 nitrogen and oxygen atoms in total. The molecule has 2 rings (SSSR count). The lowest BCUT2D eigenvalue weighted by atomic mass is 9.78. The van der Waals surface area contributed by atoms with E-state index in [0.717, 1.165) is 5.56 Å². The third-order valence-corrected chi connectivity index (χ3v) is 4.17. The normalized spacial score (nSPS) is 20.4. The van der Waals surface area contributed by atoms with Crippen molar-refractivity contribution in [1.29, 1.82) is 0 Å². The van der Waals surface area contributed by atoms with Crippen molar-refractivity contribution in [3.63, 3.8) is 0 Å². The van der Waals surface area contributed by atoms with Crippen molar-refractivity contribution >= 4 is 12.6 Å². The Morgan fingerprint density at radius 2 is 1.75 bits per heavy atom. The Kier molecular flexibility index (Phi) is 4.23. The fraction of sp³-hybridized carbons (Fsp3) is 0.600. The summed E-state index contributed by atoms with van der Waals surface area (Å²) in [5, 5.41) is 0.